The summed E-state index contributed by atoms with van der Waals surface area (Å²) >= 11 is 0. The van der Waals surface area contributed by atoms with Crippen molar-refractivity contribution < 1.29 is 19.4 Å². The quantitative estimate of drug-likeness (QED) is 0.808. The highest BCUT2D eigenvalue weighted by molar-refractivity contribution is 5.96. The topological polar surface area (TPSA) is 75.6 Å². The number of ether oxygens (including phenoxy) is 1. The van der Waals surface area contributed by atoms with E-state index in [0.717, 1.165) is 12.4 Å². The molecule has 0 unspecified atom stereocenters. The third kappa shape index (κ3) is 4.48. The maximum atomic E-state index is 12.0. The largest absolute Gasteiger partial charge is 0.493 e. The van der Waals surface area contributed by atoms with Crippen LogP contribution >= 0.6 is 0 Å². The lowest BCUT2D eigenvalue weighted by atomic mass is 10.0. The van der Waals surface area contributed by atoms with Crippen molar-refractivity contribution in [1.29, 1.82) is 0 Å². The Kier molecular flexibility index (Phi) is 4.83. The monoisotopic (exact) mass is 291 g/mol. The second-order valence-corrected chi connectivity index (χ2v) is 5.81. The van der Waals surface area contributed by atoms with Gasteiger partial charge in [0.1, 0.15) is 11.8 Å². The fraction of sp³-hybridized carbons (Fsp3) is 0.500. The van der Waals surface area contributed by atoms with E-state index in [1.807, 2.05) is 0 Å². The van der Waals surface area contributed by atoms with E-state index in [0.29, 0.717) is 11.5 Å². The van der Waals surface area contributed by atoms with Crippen molar-refractivity contribution in [3.63, 3.8) is 0 Å². The van der Waals surface area contributed by atoms with Crippen LogP contribution in [0, 0.1) is 11.8 Å². The summed E-state index contributed by atoms with van der Waals surface area (Å²) in [5.74, 6) is -0.174. The summed E-state index contributed by atoms with van der Waals surface area (Å²) in [6.45, 7) is 4.24. The summed E-state index contributed by atoms with van der Waals surface area (Å²) in [6.07, 6.45) is 2.46. The number of carbonyl (C=O) groups is 2. The fourth-order valence-corrected chi connectivity index (χ4v) is 1.94. The number of rotatable bonds is 7. The molecule has 0 aliphatic heterocycles. The summed E-state index contributed by atoms with van der Waals surface area (Å²) in [6, 6.07) is 5.89. The van der Waals surface area contributed by atoms with Gasteiger partial charge in [-0.2, -0.15) is 0 Å². The first-order valence-electron chi connectivity index (χ1n) is 7.24. The normalized spacial score (nSPS) is 15.6. The van der Waals surface area contributed by atoms with E-state index in [2.05, 4.69) is 5.32 Å². The number of aliphatic carboxylic acids is 1. The first kappa shape index (κ1) is 15.4. The van der Waals surface area contributed by atoms with E-state index in [9.17, 15) is 9.59 Å². The second-order valence-electron chi connectivity index (χ2n) is 5.81. The number of nitrogens with one attached hydrogen (secondary N) is 1. The average molecular weight is 291 g/mol. The van der Waals surface area contributed by atoms with Crippen LogP contribution in [0.1, 0.15) is 37.0 Å². The zero-order valence-electron chi connectivity index (χ0n) is 12.3. The van der Waals surface area contributed by atoms with Gasteiger partial charge < -0.3 is 15.2 Å². The predicted octanol–water partition coefficient (Wildman–Crippen LogP) is 2.31. The van der Waals surface area contributed by atoms with Gasteiger partial charge in [-0.1, -0.05) is 13.8 Å². The first-order valence-corrected chi connectivity index (χ1v) is 7.24. The van der Waals surface area contributed by atoms with Crippen LogP contribution in [0.4, 0.5) is 0 Å². The molecule has 0 bridgehead atoms. The van der Waals surface area contributed by atoms with Gasteiger partial charge in [0.2, 0.25) is 0 Å². The van der Waals surface area contributed by atoms with Crippen LogP contribution in [0.5, 0.6) is 5.75 Å². The molecule has 114 valence electrons. The number of hydrogen-bond donors (Lipinski definition) is 2. The summed E-state index contributed by atoms with van der Waals surface area (Å²) in [4.78, 5) is 23.1. The van der Waals surface area contributed by atoms with Crippen LogP contribution in [-0.2, 0) is 4.79 Å². The van der Waals surface area contributed by atoms with E-state index in [4.69, 9.17) is 9.84 Å². The molecule has 2 N–H and O–H groups in total. The maximum absolute atomic E-state index is 12.0. The van der Waals surface area contributed by atoms with Crippen LogP contribution in [0.3, 0.4) is 0 Å². The van der Waals surface area contributed by atoms with Crippen molar-refractivity contribution in [3.05, 3.63) is 29.8 Å². The van der Waals surface area contributed by atoms with Crippen molar-refractivity contribution in [1.82, 2.24) is 5.32 Å². The molecule has 0 radical (unpaired) electrons. The third-order valence-corrected chi connectivity index (χ3v) is 3.52. The predicted molar refractivity (Wildman–Crippen MR) is 78.4 cm³/mol. The summed E-state index contributed by atoms with van der Waals surface area (Å²) in [5.41, 5.74) is 0.431. The molecule has 0 saturated heterocycles. The van der Waals surface area contributed by atoms with Gasteiger partial charge in [0.15, 0.2) is 0 Å². The van der Waals surface area contributed by atoms with Crippen LogP contribution in [0.2, 0.25) is 0 Å². The highest BCUT2D eigenvalue weighted by Gasteiger charge is 2.24. The minimum absolute atomic E-state index is 0.174. The molecule has 1 fully saturated rings. The van der Waals surface area contributed by atoms with Gasteiger partial charge in [0.05, 0.1) is 6.61 Å². The Morgan fingerprint density at radius 3 is 2.38 bits per heavy atom. The van der Waals surface area contributed by atoms with Crippen molar-refractivity contribution in [2.75, 3.05) is 6.61 Å². The minimum Gasteiger partial charge on any atom is -0.493 e. The Balaban J connectivity index is 1.93. The van der Waals surface area contributed by atoms with E-state index in [1.165, 1.54) is 12.8 Å². The molecule has 2 rings (SSSR count). The lowest BCUT2D eigenvalue weighted by Gasteiger charge is -2.18. The van der Waals surface area contributed by atoms with Crippen LogP contribution in [0.15, 0.2) is 24.3 Å². The van der Waals surface area contributed by atoms with Crippen LogP contribution in [-0.4, -0.2) is 29.6 Å². The fourth-order valence-electron chi connectivity index (χ4n) is 1.94. The molecular weight excluding hydrogens is 270 g/mol. The Hall–Kier alpha value is -2.04. The molecule has 0 aromatic heterocycles. The van der Waals surface area contributed by atoms with Gasteiger partial charge >= 0.3 is 5.97 Å². The van der Waals surface area contributed by atoms with Gasteiger partial charge in [-0.3, -0.25) is 4.79 Å². The molecule has 0 heterocycles. The minimum atomic E-state index is -1.03. The molecule has 21 heavy (non-hydrogen) atoms. The molecule has 1 aromatic carbocycles. The van der Waals surface area contributed by atoms with Crippen molar-refractivity contribution in [3.8, 4) is 5.75 Å². The number of carbonyl (C=O) groups excluding carboxylic acids is 1. The number of carboxylic acid groups (broad SMARTS) is 1. The first-order chi connectivity index (χ1) is 9.97. The lowest BCUT2D eigenvalue weighted by Crippen LogP contribution is -2.44. The molecular formula is C16H21NO4. The Bertz CT molecular complexity index is 506. The highest BCUT2D eigenvalue weighted by Crippen LogP contribution is 2.29. The van der Waals surface area contributed by atoms with Gasteiger partial charge in [0.25, 0.3) is 5.91 Å². The smallest absolute Gasteiger partial charge is 0.326 e. The Labute approximate surface area is 124 Å². The molecule has 5 heteroatoms. The van der Waals surface area contributed by atoms with Gasteiger partial charge in [-0.15, -0.1) is 0 Å². The Morgan fingerprint density at radius 1 is 1.29 bits per heavy atom. The SMILES string of the molecule is CC(C)[C@H](NC(=O)c1ccc(OCC2CC2)cc1)C(=O)O. The van der Waals surface area contributed by atoms with Gasteiger partial charge in [-0.05, 0) is 48.9 Å². The number of hydrogen-bond acceptors (Lipinski definition) is 3. The number of benzene rings is 1. The van der Waals surface area contributed by atoms with Crippen LogP contribution in [0.25, 0.3) is 0 Å². The number of amides is 1. The second kappa shape index (κ2) is 6.61. The van der Waals surface area contributed by atoms with E-state index in [-0.39, 0.29) is 11.8 Å². The molecule has 1 atom stereocenters. The van der Waals surface area contributed by atoms with E-state index in [1.54, 1.807) is 38.1 Å². The third-order valence-electron chi connectivity index (χ3n) is 3.52. The Morgan fingerprint density at radius 2 is 1.90 bits per heavy atom. The molecule has 5 nitrogen and oxygen atoms in total. The average Bonchev–Trinajstić information content (AvgIpc) is 3.26. The number of carboxylic acids is 1. The molecule has 1 amide bonds. The molecule has 1 aromatic rings. The van der Waals surface area contributed by atoms with Gasteiger partial charge in [0, 0.05) is 5.56 Å². The van der Waals surface area contributed by atoms with E-state index < -0.39 is 12.0 Å². The standard InChI is InChI=1S/C16H21NO4/c1-10(2)14(16(19)20)17-15(18)12-5-7-13(8-6-12)21-9-11-3-4-11/h5-8,10-11,14H,3-4,9H2,1-2H3,(H,17,18)(H,19,20)/t14-/m0/s1. The maximum Gasteiger partial charge on any atom is 0.326 e. The lowest BCUT2D eigenvalue weighted by molar-refractivity contribution is -0.140. The molecule has 1 aliphatic carbocycles. The van der Waals surface area contributed by atoms with Crippen molar-refractivity contribution in [2.45, 2.75) is 32.7 Å². The molecule has 0 spiro atoms. The summed E-state index contributed by atoms with van der Waals surface area (Å²) in [7, 11) is 0. The molecule has 1 saturated carbocycles. The van der Waals surface area contributed by atoms with Crippen molar-refractivity contribution >= 4 is 11.9 Å². The molecule has 1 aliphatic rings. The van der Waals surface area contributed by atoms with Gasteiger partial charge in [-0.25, -0.2) is 4.79 Å². The van der Waals surface area contributed by atoms with Crippen LogP contribution < -0.4 is 10.1 Å². The highest BCUT2D eigenvalue weighted by atomic mass is 16.5. The zero-order valence-corrected chi connectivity index (χ0v) is 12.3. The summed E-state index contributed by atoms with van der Waals surface area (Å²) < 4.78 is 5.60. The zero-order chi connectivity index (χ0) is 15.4. The van der Waals surface area contributed by atoms with Crippen molar-refractivity contribution in [2.24, 2.45) is 11.8 Å². The van der Waals surface area contributed by atoms with E-state index >= 15 is 0 Å². The summed E-state index contributed by atoms with van der Waals surface area (Å²) in [5, 5.41) is 11.6.